The number of hydrogen-bond acceptors (Lipinski definition) is 4. The first-order valence-corrected chi connectivity index (χ1v) is 8.07. The van der Waals surface area contributed by atoms with Gasteiger partial charge in [-0.2, -0.15) is 0 Å². The lowest BCUT2D eigenvalue weighted by Crippen LogP contribution is -2.42. The second-order valence-electron chi connectivity index (χ2n) is 5.68. The quantitative estimate of drug-likeness (QED) is 0.775. The predicted octanol–water partition coefficient (Wildman–Crippen LogP) is 1.69. The minimum Gasteiger partial charge on any atom is -0.493 e. The fourth-order valence-corrected chi connectivity index (χ4v) is 2.93. The maximum Gasteiger partial charge on any atom is 0.317 e. The fourth-order valence-electron chi connectivity index (χ4n) is 2.93. The van der Waals surface area contributed by atoms with Crippen LogP contribution in [0.3, 0.4) is 0 Å². The first-order valence-electron chi connectivity index (χ1n) is 8.07. The number of urea groups is 1. The molecule has 1 aliphatic rings. The number of amides is 3. The number of benzene rings is 1. The smallest absolute Gasteiger partial charge is 0.317 e. The molecule has 3 amide bonds. The number of likely N-dealkylation sites (tertiary alicyclic amines) is 1. The van der Waals surface area contributed by atoms with Crippen LogP contribution in [0, 0.1) is 0 Å². The summed E-state index contributed by atoms with van der Waals surface area (Å²) >= 11 is 0. The molecule has 0 bridgehead atoms. The molecule has 0 aliphatic carbocycles. The van der Waals surface area contributed by atoms with E-state index in [4.69, 9.17) is 9.47 Å². The largest absolute Gasteiger partial charge is 0.493 e. The Bertz CT molecular complexity index is 591. The lowest BCUT2D eigenvalue weighted by molar-refractivity contribution is -0.118. The van der Waals surface area contributed by atoms with Crippen molar-refractivity contribution in [3.05, 3.63) is 23.8 Å². The Balaban J connectivity index is 2.02. The van der Waals surface area contributed by atoms with Crippen LogP contribution in [0.4, 0.5) is 4.79 Å². The van der Waals surface area contributed by atoms with Crippen LogP contribution in [0.15, 0.2) is 18.2 Å². The number of hydrogen-bond donors (Lipinski definition) is 2. The van der Waals surface area contributed by atoms with Crippen LogP contribution in [0.25, 0.3) is 0 Å². The standard InChI is InChI=1S/C17H25N3O4/c1-12(21)18-8-9-19-17(22)20-10-4-5-14(20)13-6-7-15(23-2)16(11-13)24-3/h6-7,11,14H,4-5,8-10H2,1-3H3,(H,18,21)(H,19,22)/t14-/m1/s1. The predicted molar refractivity (Wildman–Crippen MR) is 90.3 cm³/mol. The van der Waals surface area contributed by atoms with E-state index in [1.165, 1.54) is 6.92 Å². The number of nitrogens with zero attached hydrogens (tertiary/aromatic N) is 1. The molecule has 1 saturated heterocycles. The summed E-state index contributed by atoms with van der Waals surface area (Å²) in [6.45, 7) is 3.00. The van der Waals surface area contributed by atoms with Gasteiger partial charge < -0.3 is 25.0 Å². The second kappa shape index (κ2) is 8.42. The monoisotopic (exact) mass is 335 g/mol. The third-order valence-corrected chi connectivity index (χ3v) is 4.08. The van der Waals surface area contributed by atoms with E-state index < -0.39 is 0 Å². The lowest BCUT2D eigenvalue weighted by atomic mass is 10.0. The van der Waals surface area contributed by atoms with Crippen molar-refractivity contribution in [3.63, 3.8) is 0 Å². The van der Waals surface area contributed by atoms with Crippen molar-refractivity contribution < 1.29 is 19.1 Å². The Morgan fingerprint density at radius 2 is 1.88 bits per heavy atom. The minimum absolute atomic E-state index is 0.0190. The molecule has 0 aromatic heterocycles. The highest BCUT2D eigenvalue weighted by atomic mass is 16.5. The maximum absolute atomic E-state index is 12.4. The maximum atomic E-state index is 12.4. The third kappa shape index (κ3) is 4.31. The van der Waals surface area contributed by atoms with Crippen molar-refractivity contribution in [2.45, 2.75) is 25.8 Å². The van der Waals surface area contributed by atoms with E-state index in [2.05, 4.69) is 10.6 Å². The van der Waals surface area contributed by atoms with Gasteiger partial charge in [0.2, 0.25) is 5.91 Å². The molecule has 2 rings (SSSR count). The Morgan fingerprint density at radius 3 is 2.54 bits per heavy atom. The summed E-state index contributed by atoms with van der Waals surface area (Å²) in [6, 6.07) is 5.66. The number of methoxy groups -OCH3 is 2. The molecule has 2 N–H and O–H groups in total. The molecule has 132 valence electrons. The normalized spacial score (nSPS) is 16.6. The Kier molecular flexibility index (Phi) is 6.28. The number of nitrogens with one attached hydrogen (secondary N) is 2. The van der Waals surface area contributed by atoms with Crippen LogP contribution in [-0.2, 0) is 4.79 Å². The molecule has 1 aromatic rings. The molecule has 1 aliphatic heterocycles. The van der Waals surface area contributed by atoms with Gasteiger partial charge in [-0.3, -0.25) is 4.79 Å². The highest BCUT2D eigenvalue weighted by molar-refractivity contribution is 5.75. The molecule has 0 spiro atoms. The van der Waals surface area contributed by atoms with E-state index in [1.54, 1.807) is 14.2 Å². The molecule has 24 heavy (non-hydrogen) atoms. The van der Waals surface area contributed by atoms with E-state index in [0.29, 0.717) is 31.1 Å². The van der Waals surface area contributed by atoms with Gasteiger partial charge in [0, 0.05) is 26.6 Å². The number of carbonyl (C=O) groups excluding carboxylic acids is 2. The second-order valence-corrected chi connectivity index (χ2v) is 5.68. The van der Waals surface area contributed by atoms with Gasteiger partial charge in [-0.15, -0.1) is 0 Å². The lowest BCUT2D eigenvalue weighted by Gasteiger charge is -2.26. The molecule has 7 nitrogen and oxygen atoms in total. The van der Waals surface area contributed by atoms with Crippen molar-refractivity contribution >= 4 is 11.9 Å². The summed E-state index contributed by atoms with van der Waals surface area (Å²) in [7, 11) is 3.20. The van der Waals surface area contributed by atoms with Gasteiger partial charge in [0.05, 0.1) is 20.3 Å². The molecule has 1 heterocycles. The third-order valence-electron chi connectivity index (χ3n) is 4.08. The molecule has 0 unspecified atom stereocenters. The Labute approximate surface area is 142 Å². The van der Waals surface area contributed by atoms with Gasteiger partial charge in [0.15, 0.2) is 11.5 Å². The van der Waals surface area contributed by atoms with E-state index in [1.807, 2.05) is 23.1 Å². The van der Waals surface area contributed by atoms with Crippen LogP contribution < -0.4 is 20.1 Å². The number of carbonyl (C=O) groups is 2. The van der Waals surface area contributed by atoms with Gasteiger partial charge in [-0.25, -0.2) is 4.79 Å². The molecule has 0 saturated carbocycles. The van der Waals surface area contributed by atoms with Crippen molar-refractivity contribution in [3.8, 4) is 11.5 Å². The van der Waals surface area contributed by atoms with Crippen molar-refractivity contribution in [1.82, 2.24) is 15.5 Å². The van der Waals surface area contributed by atoms with Crippen molar-refractivity contribution in [2.24, 2.45) is 0 Å². The average Bonchev–Trinajstić information content (AvgIpc) is 3.07. The number of ether oxygens (including phenoxy) is 2. The highest BCUT2D eigenvalue weighted by Crippen LogP contribution is 2.36. The minimum atomic E-state index is -0.113. The highest BCUT2D eigenvalue weighted by Gasteiger charge is 2.30. The van der Waals surface area contributed by atoms with E-state index in [9.17, 15) is 9.59 Å². The summed E-state index contributed by atoms with van der Waals surface area (Å²) < 4.78 is 10.6. The first kappa shape index (κ1) is 17.9. The van der Waals surface area contributed by atoms with Gasteiger partial charge >= 0.3 is 6.03 Å². The Hall–Kier alpha value is -2.44. The molecule has 1 fully saturated rings. The summed E-state index contributed by atoms with van der Waals surface area (Å²) in [5, 5.41) is 5.51. The zero-order valence-corrected chi connectivity index (χ0v) is 14.4. The number of rotatable bonds is 6. The van der Waals surface area contributed by atoms with Gasteiger partial charge in [0.25, 0.3) is 0 Å². The molecular weight excluding hydrogens is 310 g/mol. The zero-order valence-electron chi connectivity index (χ0n) is 14.4. The Morgan fingerprint density at radius 1 is 1.17 bits per heavy atom. The van der Waals surface area contributed by atoms with E-state index in [0.717, 1.165) is 18.4 Å². The van der Waals surface area contributed by atoms with Gasteiger partial charge in [0.1, 0.15) is 0 Å². The molecule has 0 radical (unpaired) electrons. The molecule has 7 heteroatoms. The van der Waals surface area contributed by atoms with Crippen LogP contribution in [0.1, 0.15) is 31.4 Å². The van der Waals surface area contributed by atoms with Crippen LogP contribution >= 0.6 is 0 Å². The molecule has 1 aromatic carbocycles. The fraction of sp³-hybridized carbons (Fsp3) is 0.529. The zero-order chi connectivity index (χ0) is 17.5. The molecular formula is C17H25N3O4. The van der Waals surface area contributed by atoms with Gasteiger partial charge in [-0.1, -0.05) is 6.07 Å². The van der Waals surface area contributed by atoms with E-state index in [-0.39, 0.29) is 18.0 Å². The van der Waals surface area contributed by atoms with Crippen LogP contribution in [0.5, 0.6) is 11.5 Å². The first-order chi connectivity index (χ1) is 11.6. The van der Waals surface area contributed by atoms with Crippen LogP contribution in [0.2, 0.25) is 0 Å². The average molecular weight is 335 g/mol. The topological polar surface area (TPSA) is 79.9 Å². The SMILES string of the molecule is COc1ccc([C@H]2CCCN2C(=O)NCCNC(C)=O)cc1OC. The summed E-state index contributed by atoms with van der Waals surface area (Å²) in [5.41, 5.74) is 1.03. The van der Waals surface area contributed by atoms with E-state index >= 15 is 0 Å². The van der Waals surface area contributed by atoms with Crippen LogP contribution in [-0.4, -0.2) is 50.7 Å². The van der Waals surface area contributed by atoms with Crippen molar-refractivity contribution in [2.75, 3.05) is 33.9 Å². The molecule has 1 atom stereocenters. The summed E-state index contributed by atoms with van der Waals surface area (Å²) in [6.07, 6.45) is 1.87. The summed E-state index contributed by atoms with van der Waals surface area (Å²) in [5.74, 6) is 1.23. The van der Waals surface area contributed by atoms with Gasteiger partial charge in [-0.05, 0) is 30.5 Å². The summed E-state index contributed by atoms with van der Waals surface area (Å²) in [4.78, 5) is 25.1. The van der Waals surface area contributed by atoms with Crippen molar-refractivity contribution in [1.29, 1.82) is 0 Å².